The Kier molecular flexibility index (Phi) is 3.21. The molecule has 2 unspecified atom stereocenters. The Morgan fingerprint density at radius 3 is 2.84 bits per heavy atom. The lowest BCUT2D eigenvalue weighted by Crippen LogP contribution is -2.39. The Bertz CT molecular complexity index is 498. The van der Waals surface area contributed by atoms with E-state index in [9.17, 15) is 4.79 Å². The number of benzene rings is 1. The molecule has 0 radical (unpaired) electrons. The highest BCUT2D eigenvalue weighted by Gasteiger charge is 2.38. The van der Waals surface area contributed by atoms with Gasteiger partial charge < -0.3 is 10.6 Å². The molecule has 1 aromatic carbocycles. The predicted octanol–water partition coefficient (Wildman–Crippen LogP) is 2.98. The zero-order chi connectivity index (χ0) is 13.4. The van der Waals surface area contributed by atoms with Crippen molar-refractivity contribution in [1.29, 1.82) is 0 Å². The summed E-state index contributed by atoms with van der Waals surface area (Å²) in [6, 6.07) is 6.12. The van der Waals surface area contributed by atoms with Gasteiger partial charge in [0.1, 0.15) is 0 Å². The van der Waals surface area contributed by atoms with E-state index in [1.165, 1.54) is 32.1 Å². The molecule has 1 aliphatic carbocycles. The van der Waals surface area contributed by atoms with Crippen molar-refractivity contribution in [3.63, 3.8) is 0 Å². The molecule has 1 amide bonds. The second-order valence-electron chi connectivity index (χ2n) is 5.97. The van der Waals surface area contributed by atoms with E-state index < -0.39 is 0 Å². The minimum atomic E-state index is 0.192. The number of anilines is 1. The quantitative estimate of drug-likeness (QED) is 0.787. The van der Waals surface area contributed by atoms with Crippen LogP contribution in [0.4, 0.5) is 5.69 Å². The Morgan fingerprint density at radius 1 is 1.26 bits per heavy atom. The minimum absolute atomic E-state index is 0.192. The summed E-state index contributed by atoms with van der Waals surface area (Å²) in [5, 5.41) is 0. The summed E-state index contributed by atoms with van der Waals surface area (Å²) >= 11 is 0. The van der Waals surface area contributed by atoms with Gasteiger partial charge in [0.25, 0.3) is 5.91 Å². The lowest BCUT2D eigenvalue weighted by Gasteiger charge is -2.31. The maximum atomic E-state index is 12.7. The average Bonchev–Trinajstić information content (AvgIpc) is 2.85. The Labute approximate surface area is 114 Å². The van der Waals surface area contributed by atoms with Crippen LogP contribution in [0.2, 0.25) is 0 Å². The molecule has 1 aromatic rings. The second-order valence-corrected chi connectivity index (χ2v) is 5.97. The molecule has 2 aliphatic rings. The number of aryl methyl sites for hydroxylation is 1. The van der Waals surface area contributed by atoms with E-state index in [4.69, 9.17) is 5.73 Å². The van der Waals surface area contributed by atoms with E-state index in [2.05, 4.69) is 4.90 Å². The molecule has 3 heteroatoms. The van der Waals surface area contributed by atoms with Crippen molar-refractivity contribution in [2.45, 2.75) is 45.1 Å². The molecule has 2 N–H and O–H groups in total. The van der Waals surface area contributed by atoms with Gasteiger partial charge >= 0.3 is 0 Å². The smallest absolute Gasteiger partial charge is 0.254 e. The van der Waals surface area contributed by atoms with Gasteiger partial charge in [0.05, 0.1) is 0 Å². The van der Waals surface area contributed by atoms with Crippen molar-refractivity contribution in [3.05, 3.63) is 29.3 Å². The number of hydrogen-bond acceptors (Lipinski definition) is 2. The molecule has 3 rings (SSSR count). The number of likely N-dealkylation sites (tertiary alicyclic amines) is 1. The lowest BCUT2D eigenvalue weighted by atomic mass is 9.85. The molecular formula is C16H22N2O. The summed E-state index contributed by atoms with van der Waals surface area (Å²) in [7, 11) is 0. The van der Waals surface area contributed by atoms with E-state index in [0.717, 1.165) is 29.3 Å². The molecule has 1 saturated heterocycles. The van der Waals surface area contributed by atoms with Crippen molar-refractivity contribution in [2.75, 3.05) is 12.3 Å². The van der Waals surface area contributed by atoms with Gasteiger partial charge in [-0.2, -0.15) is 0 Å². The van der Waals surface area contributed by atoms with Gasteiger partial charge in [0, 0.05) is 23.8 Å². The zero-order valence-electron chi connectivity index (χ0n) is 11.6. The summed E-state index contributed by atoms with van der Waals surface area (Å²) in [6.45, 7) is 2.89. The molecule has 0 bridgehead atoms. The fourth-order valence-corrected chi connectivity index (χ4v) is 3.63. The molecule has 3 nitrogen and oxygen atoms in total. The fourth-order valence-electron chi connectivity index (χ4n) is 3.63. The van der Waals surface area contributed by atoms with Crippen LogP contribution < -0.4 is 5.73 Å². The van der Waals surface area contributed by atoms with E-state index in [0.29, 0.717) is 6.04 Å². The highest BCUT2D eigenvalue weighted by atomic mass is 16.2. The van der Waals surface area contributed by atoms with Crippen LogP contribution in [0, 0.1) is 12.8 Å². The van der Waals surface area contributed by atoms with Gasteiger partial charge in [-0.05, 0) is 55.9 Å². The highest BCUT2D eigenvalue weighted by Crippen LogP contribution is 2.36. The summed E-state index contributed by atoms with van der Waals surface area (Å²) in [6.07, 6.45) is 6.28. The van der Waals surface area contributed by atoms with Crippen LogP contribution >= 0.6 is 0 Å². The SMILES string of the molecule is Cc1cc(C(=O)N2CCC3CCCCC32)ccc1N. The molecule has 1 saturated carbocycles. The minimum Gasteiger partial charge on any atom is -0.399 e. The number of rotatable bonds is 1. The summed E-state index contributed by atoms with van der Waals surface area (Å²) in [4.78, 5) is 14.8. The largest absolute Gasteiger partial charge is 0.399 e. The number of carbonyl (C=O) groups excluding carboxylic acids is 1. The number of amides is 1. The van der Waals surface area contributed by atoms with Crippen LogP contribution in [0.15, 0.2) is 18.2 Å². The number of nitrogens with two attached hydrogens (primary N) is 1. The number of carbonyl (C=O) groups is 1. The van der Waals surface area contributed by atoms with Gasteiger partial charge in [-0.25, -0.2) is 0 Å². The van der Waals surface area contributed by atoms with Gasteiger partial charge in [-0.15, -0.1) is 0 Å². The third-order valence-corrected chi connectivity index (χ3v) is 4.79. The molecule has 19 heavy (non-hydrogen) atoms. The number of fused-ring (bicyclic) bond motifs is 1. The summed E-state index contributed by atoms with van der Waals surface area (Å²) in [5.41, 5.74) is 8.36. The molecule has 2 atom stereocenters. The molecule has 0 aromatic heterocycles. The summed E-state index contributed by atoms with van der Waals surface area (Å²) in [5.74, 6) is 0.935. The maximum Gasteiger partial charge on any atom is 0.254 e. The topological polar surface area (TPSA) is 46.3 Å². The van der Waals surface area contributed by atoms with Crippen molar-refractivity contribution in [1.82, 2.24) is 4.90 Å². The highest BCUT2D eigenvalue weighted by molar-refractivity contribution is 5.95. The Morgan fingerprint density at radius 2 is 2.05 bits per heavy atom. The predicted molar refractivity (Wildman–Crippen MR) is 77.0 cm³/mol. The first kappa shape index (κ1) is 12.5. The number of hydrogen-bond donors (Lipinski definition) is 1. The van der Waals surface area contributed by atoms with Crippen LogP contribution in [0.25, 0.3) is 0 Å². The van der Waals surface area contributed by atoms with Gasteiger partial charge in [0.2, 0.25) is 0 Å². The van der Waals surface area contributed by atoms with Crippen LogP contribution in [-0.4, -0.2) is 23.4 Å². The van der Waals surface area contributed by atoms with E-state index in [1.807, 2.05) is 25.1 Å². The van der Waals surface area contributed by atoms with Crippen molar-refractivity contribution in [2.24, 2.45) is 5.92 Å². The van der Waals surface area contributed by atoms with Gasteiger partial charge in [-0.1, -0.05) is 12.8 Å². The van der Waals surface area contributed by atoms with Crippen molar-refractivity contribution >= 4 is 11.6 Å². The zero-order valence-corrected chi connectivity index (χ0v) is 11.6. The van der Waals surface area contributed by atoms with Crippen LogP contribution in [0.3, 0.4) is 0 Å². The van der Waals surface area contributed by atoms with Crippen molar-refractivity contribution in [3.8, 4) is 0 Å². The van der Waals surface area contributed by atoms with Crippen LogP contribution in [0.5, 0.6) is 0 Å². The fraction of sp³-hybridized carbons (Fsp3) is 0.562. The Balaban J connectivity index is 1.81. The average molecular weight is 258 g/mol. The monoisotopic (exact) mass is 258 g/mol. The number of nitrogen functional groups attached to an aromatic ring is 1. The lowest BCUT2D eigenvalue weighted by molar-refractivity contribution is 0.0690. The third kappa shape index (κ3) is 2.22. The maximum absolute atomic E-state index is 12.7. The molecule has 1 heterocycles. The van der Waals surface area contributed by atoms with Crippen molar-refractivity contribution < 1.29 is 4.79 Å². The number of nitrogens with zero attached hydrogens (tertiary/aromatic N) is 1. The Hall–Kier alpha value is -1.51. The van der Waals surface area contributed by atoms with Crippen LogP contribution in [0.1, 0.15) is 48.0 Å². The molecular weight excluding hydrogens is 236 g/mol. The molecule has 102 valence electrons. The van der Waals surface area contributed by atoms with Gasteiger partial charge in [0.15, 0.2) is 0 Å². The first-order valence-electron chi connectivity index (χ1n) is 7.34. The summed E-state index contributed by atoms with van der Waals surface area (Å²) < 4.78 is 0. The standard InChI is InChI=1S/C16H22N2O/c1-11-10-13(6-7-14(11)17)16(19)18-9-8-12-4-2-3-5-15(12)18/h6-7,10,12,15H,2-5,8-9,17H2,1H3. The van der Waals surface area contributed by atoms with E-state index >= 15 is 0 Å². The third-order valence-electron chi connectivity index (χ3n) is 4.79. The van der Waals surface area contributed by atoms with Gasteiger partial charge in [-0.3, -0.25) is 4.79 Å². The van der Waals surface area contributed by atoms with Crippen LogP contribution in [-0.2, 0) is 0 Å². The first-order valence-corrected chi connectivity index (χ1v) is 7.34. The normalized spacial score (nSPS) is 26.3. The first-order chi connectivity index (χ1) is 9.16. The van der Waals surface area contributed by atoms with E-state index in [1.54, 1.807) is 0 Å². The molecule has 0 spiro atoms. The second kappa shape index (κ2) is 4.87. The molecule has 2 fully saturated rings. The molecule has 1 aliphatic heterocycles. The van der Waals surface area contributed by atoms with E-state index in [-0.39, 0.29) is 5.91 Å².